The van der Waals surface area contributed by atoms with Crippen molar-refractivity contribution >= 4 is 44.6 Å². The highest BCUT2D eigenvalue weighted by Crippen LogP contribution is 2.32. The third-order valence-corrected chi connectivity index (χ3v) is 4.62. The van der Waals surface area contributed by atoms with Crippen molar-refractivity contribution < 1.29 is 19.0 Å². The van der Waals surface area contributed by atoms with E-state index in [9.17, 15) is 4.79 Å². The molecule has 27 heavy (non-hydrogen) atoms. The summed E-state index contributed by atoms with van der Waals surface area (Å²) in [5, 5.41) is 6.52. The quantitative estimate of drug-likeness (QED) is 0.272. The van der Waals surface area contributed by atoms with Gasteiger partial charge in [0.1, 0.15) is 6.61 Å². The maximum atomic E-state index is 11.5. The van der Waals surface area contributed by atoms with Crippen molar-refractivity contribution in [1.82, 2.24) is 4.98 Å². The lowest BCUT2D eigenvalue weighted by atomic mass is 10.2. The van der Waals surface area contributed by atoms with Crippen LogP contribution < -0.4 is 14.9 Å². The molecule has 0 aliphatic heterocycles. The lowest BCUT2D eigenvalue weighted by molar-refractivity contribution is -0.142. The van der Waals surface area contributed by atoms with Crippen LogP contribution in [0, 0.1) is 12.3 Å². The molecule has 0 fully saturated rings. The summed E-state index contributed by atoms with van der Waals surface area (Å²) < 4.78 is 16.4. The van der Waals surface area contributed by atoms with Crippen LogP contribution in [0.5, 0.6) is 11.5 Å². The summed E-state index contributed by atoms with van der Waals surface area (Å²) in [6, 6.07) is 3.54. The Bertz CT molecular complexity index is 861. The standard InChI is InChI=1S/C18H18BrN3O4S/c1-4-6-26-16-9-14(19)12(7-15(16)24-3)10-20-22-18-21-13(11-27-18)8-17(23)25-5-2/h1,7,9-11H,5-6,8H2,2-3H3,(H,21,22). The molecule has 0 radical (unpaired) electrons. The number of aromatic nitrogens is 1. The third-order valence-electron chi connectivity index (χ3n) is 3.14. The summed E-state index contributed by atoms with van der Waals surface area (Å²) in [5.74, 6) is 3.19. The van der Waals surface area contributed by atoms with Gasteiger partial charge in [0, 0.05) is 15.4 Å². The first-order valence-corrected chi connectivity index (χ1v) is 9.57. The number of hydrazone groups is 1. The molecule has 1 N–H and O–H groups in total. The van der Waals surface area contributed by atoms with Crippen LogP contribution in [0.25, 0.3) is 0 Å². The Hall–Kier alpha value is -2.57. The zero-order valence-electron chi connectivity index (χ0n) is 14.8. The second-order valence-electron chi connectivity index (χ2n) is 5.01. The molecule has 1 aromatic heterocycles. The van der Waals surface area contributed by atoms with E-state index in [1.807, 2.05) is 0 Å². The number of hydrogen-bond donors (Lipinski definition) is 1. The van der Waals surface area contributed by atoms with E-state index in [-0.39, 0.29) is 19.0 Å². The Morgan fingerprint density at radius 3 is 3.00 bits per heavy atom. The number of methoxy groups -OCH3 is 1. The zero-order chi connectivity index (χ0) is 19.6. The fourth-order valence-corrected chi connectivity index (χ4v) is 3.08. The highest BCUT2D eigenvalue weighted by molar-refractivity contribution is 9.10. The average Bonchev–Trinajstić information content (AvgIpc) is 3.08. The molecule has 0 saturated carbocycles. The predicted molar refractivity (Wildman–Crippen MR) is 109 cm³/mol. The Morgan fingerprint density at radius 1 is 1.48 bits per heavy atom. The normalized spacial score (nSPS) is 10.4. The molecule has 142 valence electrons. The number of anilines is 1. The summed E-state index contributed by atoms with van der Waals surface area (Å²) in [6.07, 6.45) is 6.96. The van der Waals surface area contributed by atoms with E-state index < -0.39 is 0 Å². The minimum absolute atomic E-state index is 0.137. The van der Waals surface area contributed by atoms with Crippen molar-refractivity contribution in [3.05, 3.63) is 33.2 Å². The molecular weight excluding hydrogens is 434 g/mol. The van der Waals surface area contributed by atoms with Crippen molar-refractivity contribution in [2.75, 3.05) is 25.7 Å². The number of esters is 1. The Balaban J connectivity index is 2.03. The number of benzene rings is 1. The summed E-state index contributed by atoms with van der Waals surface area (Å²) in [7, 11) is 1.55. The van der Waals surface area contributed by atoms with Gasteiger partial charge in [0.25, 0.3) is 0 Å². The molecular formula is C18H18BrN3O4S. The van der Waals surface area contributed by atoms with Crippen LogP contribution in [0.15, 0.2) is 27.1 Å². The van der Waals surface area contributed by atoms with Gasteiger partial charge in [-0.3, -0.25) is 10.2 Å². The van der Waals surface area contributed by atoms with Crippen LogP contribution >= 0.6 is 27.3 Å². The molecule has 9 heteroatoms. The summed E-state index contributed by atoms with van der Waals surface area (Å²) in [5.41, 5.74) is 4.24. The number of ether oxygens (including phenoxy) is 3. The predicted octanol–water partition coefficient (Wildman–Crippen LogP) is 3.48. The lowest BCUT2D eigenvalue weighted by Gasteiger charge is -2.10. The summed E-state index contributed by atoms with van der Waals surface area (Å²) in [4.78, 5) is 15.8. The van der Waals surface area contributed by atoms with Gasteiger partial charge in [0.15, 0.2) is 11.5 Å². The van der Waals surface area contributed by atoms with E-state index in [4.69, 9.17) is 20.6 Å². The average molecular weight is 452 g/mol. The minimum atomic E-state index is -0.305. The smallest absolute Gasteiger partial charge is 0.311 e. The second kappa shape index (κ2) is 10.5. The number of carbonyl (C=O) groups is 1. The van der Waals surface area contributed by atoms with E-state index >= 15 is 0 Å². The van der Waals surface area contributed by atoms with Gasteiger partial charge < -0.3 is 14.2 Å². The number of thiazole rings is 1. The van der Waals surface area contributed by atoms with Gasteiger partial charge in [-0.25, -0.2) is 4.98 Å². The third kappa shape index (κ3) is 6.27. The monoisotopic (exact) mass is 451 g/mol. The first-order valence-electron chi connectivity index (χ1n) is 7.90. The SMILES string of the molecule is C#CCOc1cc(Br)c(C=NNc2nc(CC(=O)OCC)cs2)cc1OC. The first-order chi connectivity index (χ1) is 13.1. The van der Waals surface area contributed by atoms with E-state index in [2.05, 4.69) is 37.4 Å². The number of rotatable bonds is 9. The molecule has 2 rings (SSSR count). The van der Waals surface area contributed by atoms with Crippen LogP contribution in [0.1, 0.15) is 18.2 Å². The number of hydrogen-bond acceptors (Lipinski definition) is 8. The van der Waals surface area contributed by atoms with Gasteiger partial charge in [0.05, 0.1) is 32.0 Å². The first kappa shape index (κ1) is 20.7. The molecule has 7 nitrogen and oxygen atoms in total. The van der Waals surface area contributed by atoms with Gasteiger partial charge in [0.2, 0.25) is 5.13 Å². The Labute approximate surface area is 169 Å². The van der Waals surface area contributed by atoms with Crippen molar-refractivity contribution in [2.24, 2.45) is 5.10 Å². The molecule has 0 aliphatic carbocycles. The van der Waals surface area contributed by atoms with Gasteiger partial charge >= 0.3 is 5.97 Å². The molecule has 2 aromatic rings. The maximum Gasteiger partial charge on any atom is 0.311 e. The molecule has 1 aromatic carbocycles. The van der Waals surface area contributed by atoms with E-state index in [1.54, 1.807) is 37.8 Å². The van der Waals surface area contributed by atoms with Gasteiger partial charge in [-0.15, -0.1) is 17.8 Å². The summed E-state index contributed by atoms with van der Waals surface area (Å²) in [6.45, 7) is 2.26. The highest BCUT2D eigenvalue weighted by atomic mass is 79.9. The maximum absolute atomic E-state index is 11.5. The van der Waals surface area contributed by atoms with Crippen LogP contribution in [0.4, 0.5) is 5.13 Å². The molecule has 0 spiro atoms. The number of nitrogens with one attached hydrogen (secondary N) is 1. The van der Waals surface area contributed by atoms with E-state index in [0.29, 0.717) is 28.9 Å². The number of carbonyl (C=O) groups excluding carboxylic acids is 1. The van der Waals surface area contributed by atoms with Gasteiger partial charge in [-0.05, 0) is 35.0 Å². The van der Waals surface area contributed by atoms with Gasteiger partial charge in [-0.2, -0.15) is 5.10 Å². The molecule has 0 atom stereocenters. The van der Waals surface area contributed by atoms with Crippen molar-refractivity contribution in [3.8, 4) is 23.8 Å². The molecule has 0 amide bonds. The molecule has 0 aliphatic rings. The van der Waals surface area contributed by atoms with Crippen molar-refractivity contribution in [2.45, 2.75) is 13.3 Å². The lowest BCUT2D eigenvalue weighted by Crippen LogP contribution is -2.07. The van der Waals surface area contributed by atoms with E-state index in [0.717, 1.165) is 10.0 Å². The fraction of sp³-hybridized carbons (Fsp3) is 0.278. The number of terminal acetylenes is 1. The van der Waals surface area contributed by atoms with Crippen molar-refractivity contribution in [1.29, 1.82) is 0 Å². The van der Waals surface area contributed by atoms with E-state index in [1.165, 1.54) is 11.3 Å². The molecule has 0 bridgehead atoms. The second-order valence-corrected chi connectivity index (χ2v) is 6.73. The topological polar surface area (TPSA) is 82.0 Å². The zero-order valence-corrected chi connectivity index (χ0v) is 17.2. The van der Waals surface area contributed by atoms with Crippen molar-refractivity contribution in [3.63, 3.8) is 0 Å². The molecule has 0 saturated heterocycles. The molecule has 0 unspecified atom stereocenters. The largest absolute Gasteiger partial charge is 0.493 e. The van der Waals surface area contributed by atoms with Crippen LogP contribution in [-0.4, -0.2) is 37.5 Å². The van der Waals surface area contributed by atoms with Gasteiger partial charge in [-0.1, -0.05) is 5.92 Å². The Morgan fingerprint density at radius 2 is 2.30 bits per heavy atom. The number of nitrogens with zero attached hydrogens (tertiary/aromatic N) is 2. The van der Waals surface area contributed by atoms with Crippen LogP contribution in [0.2, 0.25) is 0 Å². The fourth-order valence-electron chi connectivity index (χ4n) is 2.00. The number of halogens is 1. The minimum Gasteiger partial charge on any atom is -0.493 e. The highest BCUT2D eigenvalue weighted by Gasteiger charge is 2.10. The molecule has 1 heterocycles. The summed E-state index contributed by atoms with van der Waals surface area (Å²) >= 11 is 4.81. The van der Waals surface area contributed by atoms with Crippen LogP contribution in [0.3, 0.4) is 0 Å². The van der Waals surface area contributed by atoms with Crippen LogP contribution in [-0.2, 0) is 16.0 Å². The Kier molecular flexibility index (Phi) is 8.10.